The Bertz CT molecular complexity index is 739. The summed E-state index contributed by atoms with van der Waals surface area (Å²) in [6.45, 7) is 2.89. The molecule has 1 aliphatic heterocycles. The molecule has 2 aliphatic rings. The second kappa shape index (κ2) is 6.96. The number of amides is 1. The molecule has 6 nitrogen and oxygen atoms in total. The van der Waals surface area contributed by atoms with E-state index < -0.39 is 0 Å². The van der Waals surface area contributed by atoms with E-state index in [9.17, 15) is 4.79 Å². The average molecular weight is 340 g/mol. The molecule has 0 spiro atoms. The molecule has 0 aromatic carbocycles. The lowest BCUT2D eigenvalue weighted by Gasteiger charge is -2.33. The summed E-state index contributed by atoms with van der Waals surface area (Å²) < 4.78 is 7.51. The van der Waals surface area contributed by atoms with Gasteiger partial charge in [0.15, 0.2) is 0 Å². The van der Waals surface area contributed by atoms with Crippen molar-refractivity contribution in [3.63, 3.8) is 0 Å². The van der Waals surface area contributed by atoms with Gasteiger partial charge in [0.2, 0.25) is 5.91 Å². The smallest absolute Gasteiger partial charge is 0.228 e. The van der Waals surface area contributed by atoms with Crippen molar-refractivity contribution in [2.24, 2.45) is 5.92 Å². The number of pyridine rings is 1. The molecule has 3 heterocycles. The fourth-order valence-corrected chi connectivity index (χ4v) is 3.55. The number of nitrogens with zero attached hydrogens (tertiary/aromatic N) is 4. The molecular weight excluding hydrogens is 316 g/mol. The summed E-state index contributed by atoms with van der Waals surface area (Å²) in [5, 5.41) is 4.60. The molecule has 1 fully saturated rings. The monoisotopic (exact) mass is 340 g/mol. The average Bonchev–Trinajstić information content (AvgIpc) is 3.35. The maximum Gasteiger partial charge on any atom is 0.228 e. The highest BCUT2D eigenvalue weighted by Gasteiger charge is 2.32. The maximum absolute atomic E-state index is 12.8. The van der Waals surface area contributed by atoms with E-state index in [4.69, 9.17) is 4.74 Å². The van der Waals surface area contributed by atoms with Crippen LogP contribution in [0.1, 0.15) is 35.7 Å². The lowest BCUT2D eigenvalue weighted by atomic mass is 9.95. The molecule has 1 saturated carbocycles. The van der Waals surface area contributed by atoms with Crippen molar-refractivity contribution in [2.75, 3.05) is 20.3 Å². The topological polar surface area (TPSA) is 60.2 Å². The Kier molecular flexibility index (Phi) is 4.53. The molecule has 2 aromatic heterocycles. The van der Waals surface area contributed by atoms with Gasteiger partial charge in [-0.15, -0.1) is 0 Å². The van der Waals surface area contributed by atoms with E-state index in [0.29, 0.717) is 26.1 Å². The second-order valence-electron chi connectivity index (χ2n) is 7.10. The first-order chi connectivity index (χ1) is 12.2. The number of rotatable bonds is 6. The molecule has 1 atom stereocenters. The molecule has 0 unspecified atom stereocenters. The minimum absolute atomic E-state index is 0.115. The van der Waals surface area contributed by atoms with Crippen molar-refractivity contribution < 1.29 is 9.53 Å². The molecule has 25 heavy (non-hydrogen) atoms. The van der Waals surface area contributed by atoms with Gasteiger partial charge in [0.25, 0.3) is 0 Å². The van der Waals surface area contributed by atoms with Crippen molar-refractivity contribution in [1.82, 2.24) is 19.7 Å². The maximum atomic E-state index is 12.8. The summed E-state index contributed by atoms with van der Waals surface area (Å²) in [6.07, 6.45) is 6.63. The second-order valence-corrected chi connectivity index (χ2v) is 7.10. The van der Waals surface area contributed by atoms with Crippen LogP contribution in [0.15, 0.2) is 30.6 Å². The molecule has 6 heteroatoms. The van der Waals surface area contributed by atoms with Crippen molar-refractivity contribution in [3.05, 3.63) is 47.5 Å². The van der Waals surface area contributed by atoms with Crippen molar-refractivity contribution in [3.8, 4) is 0 Å². The zero-order valence-electron chi connectivity index (χ0n) is 14.6. The van der Waals surface area contributed by atoms with Crippen molar-refractivity contribution in [1.29, 1.82) is 0 Å². The van der Waals surface area contributed by atoms with Gasteiger partial charge >= 0.3 is 0 Å². The Balaban J connectivity index is 1.54. The van der Waals surface area contributed by atoms with E-state index in [0.717, 1.165) is 18.2 Å². The van der Waals surface area contributed by atoms with Crippen LogP contribution in [-0.2, 0) is 29.0 Å². The summed E-state index contributed by atoms with van der Waals surface area (Å²) >= 11 is 0. The van der Waals surface area contributed by atoms with E-state index in [-0.39, 0.29) is 11.8 Å². The Morgan fingerprint density at radius 2 is 2.24 bits per heavy atom. The normalized spacial score (nSPS) is 19.7. The van der Waals surface area contributed by atoms with Gasteiger partial charge < -0.3 is 9.64 Å². The van der Waals surface area contributed by atoms with Gasteiger partial charge in [-0.1, -0.05) is 6.07 Å². The fourth-order valence-electron chi connectivity index (χ4n) is 3.55. The third-order valence-corrected chi connectivity index (χ3v) is 5.11. The van der Waals surface area contributed by atoms with Crippen LogP contribution >= 0.6 is 0 Å². The van der Waals surface area contributed by atoms with Crippen LogP contribution in [0.3, 0.4) is 0 Å². The van der Waals surface area contributed by atoms with Crippen LogP contribution in [-0.4, -0.2) is 45.8 Å². The van der Waals surface area contributed by atoms with Gasteiger partial charge in [-0.25, -0.2) is 0 Å². The zero-order valence-corrected chi connectivity index (χ0v) is 14.6. The molecule has 132 valence electrons. The van der Waals surface area contributed by atoms with Gasteiger partial charge in [-0.3, -0.25) is 14.5 Å². The minimum Gasteiger partial charge on any atom is -0.384 e. The molecule has 1 amide bonds. The standard InChI is InChI=1S/C19H24N4O2/c1-25-13-15-11-22(19(24)8-16-4-2-3-7-20-16)12-18-17(15)9-21-23(18)10-14-5-6-14/h2-4,7,9,14-15H,5-6,8,10-13H2,1H3/t15-/m1/s1. The van der Waals surface area contributed by atoms with Crippen LogP contribution in [0.5, 0.6) is 0 Å². The molecule has 1 aliphatic carbocycles. The Hall–Kier alpha value is -2.21. The van der Waals surface area contributed by atoms with E-state index >= 15 is 0 Å². The van der Waals surface area contributed by atoms with E-state index in [1.165, 1.54) is 24.1 Å². The SMILES string of the molecule is COC[C@H]1CN(C(=O)Cc2ccccn2)Cc2c1cnn2CC1CC1. The number of methoxy groups -OCH3 is 1. The predicted molar refractivity (Wildman–Crippen MR) is 92.9 cm³/mol. The fraction of sp³-hybridized carbons (Fsp3) is 0.526. The van der Waals surface area contributed by atoms with Crippen molar-refractivity contribution in [2.45, 2.75) is 38.3 Å². The number of carbonyl (C=O) groups excluding carboxylic acids is 1. The summed E-state index contributed by atoms with van der Waals surface area (Å²) in [5.74, 6) is 1.06. The van der Waals surface area contributed by atoms with E-state index in [1.807, 2.05) is 29.3 Å². The Labute approximate surface area is 147 Å². The number of hydrogen-bond acceptors (Lipinski definition) is 4. The lowest BCUT2D eigenvalue weighted by molar-refractivity contribution is -0.132. The van der Waals surface area contributed by atoms with Gasteiger partial charge in [-0.2, -0.15) is 5.10 Å². The largest absolute Gasteiger partial charge is 0.384 e. The number of carbonyl (C=O) groups is 1. The summed E-state index contributed by atoms with van der Waals surface area (Å²) in [7, 11) is 1.71. The Morgan fingerprint density at radius 3 is 2.96 bits per heavy atom. The third-order valence-electron chi connectivity index (χ3n) is 5.11. The van der Waals surface area contributed by atoms with E-state index in [1.54, 1.807) is 13.3 Å². The van der Waals surface area contributed by atoms with Crippen LogP contribution in [0.4, 0.5) is 0 Å². The third kappa shape index (κ3) is 3.58. The zero-order chi connectivity index (χ0) is 17.2. The quantitative estimate of drug-likeness (QED) is 0.807. The highest BCUT2D eigenvalue weighted by molar-refractivity contribution is 5.78. The summed E-state index contributed by atoms with van der Waals surface area (Å²) in [6, 6.07) is 5.69. The number of ether oxygens (including phenoxy) is 1. The van der Waals surface area contributed by atoms with Crippen LogP contribution in [0.25, 0.3) is 0 Å². The number of aromatic nitrogens is 3. The van der Waals surface area contributed by atoms with Gasteiger partial charge in [0, 0.05) is 43.6 Å². The summed E-state index contributed by atoms with van der Waals surface area (Å²) in [5.41, 5.74) is 3.23. The van der Waals surface area contributed by atoms with Gasteiger partial charge in [-0.05, 0) is 30.9 Å². The first kappa shape index (κ1) is 16.3. The van der Waals surface area contributed by atoms with Crippen molar-refractivity contribution >= 4 is 5.91 Å². The van der Waals surface area contributed by atoms with Crippen LogP contribution in [0, 0.1) is 5.92 Å². The molecule has 4 rings (SSSR count). The first-order valence-electron chi connectivity index (χ1n) is 8.95. The predicted octanol–water partition coefficient (Wildman–Crippen LogP) is 2.00. The molecular formula is C19H24N4O2. The lowest BCUT2D eigenvalue weighted by Crippen LogP contribution is -2.41. The van der Waals surface area contributed by atoms with Gasteiger partial charge in [0.1, 0.15) is 0 Å². The van der Waals surface area contributed by atoms with Crippen LogP contribution in [0.2, 0.25) is 0 Å². The van der Waals surface area contributed by atoms with Crippen LogP contribution < -0.4 is 0 Å². The highest BCUT2D eigenvalue weighted by atomic mass is 16.5. The highest BCUT2D eigenvalue weighted by Crippen LogP contribution is 2.34. The van der Waals surface area contributed by atoms with E-state index in [2.05, 4.69) is 14.8 Å². The first-order valence-corrected chi connectivity index (χ1v) is 8.95. The molecule has 0 radical (unpaired) electrons. The molecule has 2 aromatic rings. The van der Waals surface area contributed by atoms with Gasteiger partial charge in [0.05, 0.1) is 31.5 Å². The summed E-state index contributed by atoms with van der Waals surface area (Å²) in [4.78, 5) is 19.0. The molecule has 0 bridgehead atoms. The molecule has 0 N–H and O–H groups in total. The number of hydrogen-bond donors (Lipinski definition) is 0. The number of fused-ring (bicyclic) bond motifs is 1. The Morgan fingerprint density at radius 1 is 1.36 bits per heavy atom. The molecule has 0 saturated heterocycles. The minimum atomic E-state index is 0.115.